The molecule has 0 amide bonds. The van der Waals surface area contributed by atoms with Crippen molar-refractivity contribution >= 4 is 62.2 Å². The number of carbonyl (C=O) groups is 2. The fourth-order valence-electron chi connectivity index (χ4n) is 2.86. The van der Waals surface area contributed by atoms with E-state index in [0.29, 0.717) is 16.0 Å². The van der Waals surface area contributed by atoms with Crippen LogP contribution >= 0.6 is 34.5 Å². The quantitative estimate of drug-likeness (QED) is 0.385. The average Bonchev–Trinajstić information content (AvgIpc) is 3.03. The molecule has 32 heavy (non-hydrogen) atoms. The molecule has 0 aliphatic carbocycles. The maximum atomic E-state index is 12.7. The number of carboxylic acids is 2. The highest BCUT2D eigenvalue weighted by Gasteiger charge is 2.24. The third-order valence-corrected chi connectivity index (χ3v) is 7.86. The Balaban J connectivity index is 1.91. The van der Waals surface area contributed by atoms with E-state index in [2.05, 4.69) is 4.72 Å². The summed E-state index contributed by atoms with van der Waals surface area (Å²) in [4.78, 5) is 22.5. The SMILES string of the molecule is Cc1c(-c2ccc(NS(=O)(=O)c3c(Cl)cccc3Cl)cc2)sc(C(=O)O)c1OCC(=O)O. The summed E-state index contributed by atoms with van der Waals surface area (Å²) in [5.74, 6) is -2.49. The van der Waals surface area contributed by atoms with E-state index >= 15 is 0 Å². The molecule has 12 heteroatoms. The largest absolute Gasteiger partial charge is 0.480 e. The predicted molar refractivity (Wildman–Crippen MR) is 122 cm³/mol. The Morgan fingerprint density at radius 1 is 1.06 bits per heavy atom. The van der Waals surface area contributed by atoms with Crippen molar-refractivity contribution in [3.8, 4) is 16.2 Å². The van der Waals surface area contributed by atoms with Gasteiger partial charge < -0.3 is 14.9 Å². The topological polar surface area (TPSA) is 130 Å². The first-order chi connectivity index (χ1) is 15.0. The van der Waals surface area contributed by atoms with Crippen LogP contribution in [0.3, 0.4) is 0 Å². The van der Waals surface area contributed by atoms with Gasteiger partial charge in [-0.15, -0.1) is 11.3 Å². The zero-order chi connectivity index (χ0) is 23.6. The molecule has 0 spiro atoms. The average molecular weight is 516 g/mol. The minimum Gasteiger partial charge on any atom is -0.480 e. The van der Waals surface area contributed by atoms with Crippen molar-refractivity contribution in [2.45, 2.75) is 11.8 Å². The number of sulfonamides is 1. The van der Waals surface area contributed by atoms with Crippen molar-refractivity contribution < 1.29 is 33.0 Å². The molecule has 0 saturated heterocycles. The summed E-state index contributed by atoms with van der Waals surface area (Å²) in [6.45, 7) is 0.939. The Hall–Kier alpha value is -2.79. The number of thiophene rings is 1. The van der Waals surface area contributed by atoms with E-state index in [1.54, 1.807) is 19.1 Å². The van der Waals surface area contributed by atoms with E-state index < -0.39 is 28.6 Å². The number of halogens is 2. The lowest BCUT2D eigenvalue weighted by Crippen LogP contribution is -2.14. The van der Waals surface area contributed by atoms with Crippen LogP contribution in [-0.2, 0) is 14.8 Å². The summed E-state index contributed by atoms with van der Waals surface area (Å²) in [5.41, 5.74) is 1.29. The monoisotopic (exact) mass is 515 g/mol. The Labute approximate surface area is 197 Å². The van der Waals surface area contributed by atoms with Gasteiger partial charge in [-0.3, -0.25) is 4.72 Å². The smallest absolute Gasteiger partial charge is 0.349 e. The second-order valence-corrected chi connectivity index (χ2v) is 9.89. The first-order valence-electron chi connectivity index (χ1n) is 8.79. The van der Waals surface area contributed by atoms with E-state index in [-0.39, 0.29) is 31.3 Å². The molecule has 3 rings (SSSR count). The number of aromatic carboxylic acids is 1. The number of hydrogen-bond acceptors (Lipinski definition) is 6. The second-order valence-electron chi connectivity index (χ2n) is 6.44. The molecule has 8 nitrogen and oxygen atoms in total. The van der Waals surface area contributed by atoms with Gasteiger partial charge in [0.1, 0.15) is 10.6 Å². The van der Waals surface area contributed by atoms with E-state index in [9.17, 15) is 23.1 Å². The third kappa shape index (κ3) is 4.99. The second kappa shape index (κ2) is 9.37. The number of rotatable bonds is 8. The van der Waals surface area contributed by atoms with Crippen LogP contribution in [0.2, 0.25) is 10.0 Å². The summed E-state index contributed by atoms with van der Waals surface area (Å²) in [7, 11) is -4.05. The number of aliphatic carboxylic acids is 1. The van der Waals surface area contributed by atoms with Crippen molar-refractivity contribution in [1.29, 1.82) is 0 Å². The first-order valence-corrected chi connectivity index (χ1v) is 11.9. The third-order valence-electron chi connectivity index (χ3n) is 4.21. The van der Waals surface area contributed by atoms with Crippen molar-refractivity contribution in [3.63, 3.8) is 0 Å². The molecule has 0 aliphatic heterocycles. The van der Waals surface area contributed by atoms with Gasteiger partial charge in [0.05, 0.1) is 10.0 Å². The standard InChI is InChI=1S/C20H15Cl2NO7S2/c1-10-16(30-9-15(24)25)18(20(26)27)31-17(10)11-5-7-12(8-6-11)23-32(28,29)19-13(21)3-2-4-14(19)22/h2-8,23H,9H2,1H3,(H,24,25)(H,26,27). The molecule has 1 heterocycles. The number of anilines is 1. The van der Waals surface area contributed by atoms with Crippen LogP contribution in [0, 0.1) is 6.92 Å². The van der Waals surface area contributed by atoms with Gasteiger partial charge >= 0.3 is 11.9 Å². The Morgan fingerprint density at radius 2 is 1.66 bits per heavy atom. The van der Waals surface area contributed by atoms with Crippen LogP contribution in [0.4, 0.5) is 5.69 Å². The van der Waals surface area contributed by atoms with Gasteiger partial charge in [0, 0.05) is 16.1 Å². The van der Waals surface area contributed by atoms with Crippen molar-refractivity contribution in [2.24, 2.45) is 0 Å². The minimum absolute atomic E-state index is 0.0157. The van der Waals surface area contributed by atoms with Gasteiger partial charge in [-0.1, -0.05) is 41.4 Å². The Bertz CT molecular complexity index is 1280. The highest BCUT2D eigenvalue weighted by molar-refractivity contribution is 7.93. The van der Waals surface area contributed by atoms with Crippen molar-refractivity contribution in [3.05, 3.63) is 63.0 Å². The van der Waals surface area contributed by atoms with Gasteiger partial charge in [-0.05, 0) is 36.8 Å². The molecule has 3 N–H and O–H groups in total. The van der Waals surface area contributed by atoms with Gasteiger partial charge in [-0.2, -0.15) is 0 Å². The van der Waals surface area contributed by atoms with Gasteiger partial charge in [0.25, 0.3) is 10.0 Å². The molecule has 0 atom stereocenters. The summed E-state index contributed by atoms with van der Waals surface area (Å²) in [6.07, 6.45) is 0. The van der Waals surface area contributed by atoms with Gasteiger partial charge in [-0.25, -0.2) is 18.0 Å². The Morgan fingerprint density at radius 3 is 2.19 bits per heavy atom. The summed E-state index contributed by atoms with van der Waals surface area (Å²) in [5, 5.41) is 18.2. The first kappa shape index (κ1) is 23.9. The number of nitrogens with one attached hydrogen (secondary N) is 1. The summed E-state index contributed by atoms with van der Waals surface area (Å²) in [6, 6.07) is 10.5. The van der Waals surface area contributed by atoms with E-state index in [1.807, 2.05) is 0 Å². The normalized spacial score (nSPS) is 11.2. The molecule has 0 fully saturated rings. The number of ether oxygens (including phenoxy) is 1. The highest BCUT2D eigenvalue weighted by atomic mass is 35.5. The fourth-order valence-corrected chi connectivity index (χ4v) is 6.16. The van der Waals surface area contributed by atoms with Crippen LogP contribution in [0.25, 0.3) is 10.4 Å². The lowest BCUT2D eigenvalue weighted by Gasteiger charge is -2.11. The van der Waals surface area contributed by atoms with E-state index in [0.717, 1.165) is 11.3 Å². The van der Waals surface area contributed by atoms with Crippen LogP contribution < -0.4 is 9.46 Å². The van der Waals surface area contributed by atoms with Crippen molar-refractivity contribution in [1.82, 2.24) is 0 Å². The molecule has 0 bridgehead atoms. The molecular weight excluding hydrogens is 501 g/mol. The number of benzene rings is 2. The van der Waals surface area contributed by atoms with Crippen LogP contribution in [0.5, 0.6) is 5.75 Å². The molecule has 3 aromatic rings. The molecule has 0 unspecified atom stereocenters. The van der Waals surface area contributed by atoms with Crippen LogP contribution in [-0.4, -0.2) is 37.2 Å². The van der Waals surface area contributed by atoms with Crippen molar-refractivity contribution in [2.75, 3.05) is 11.3 Å². The lowest BCUT2D eigenvalue weighted by molar-refractivity contribution is -0.139. The maximum absolute atomic E-state index is 12.7. The zero-order valence-electron chi connectivity index (χ0n) is 16.3. The molecule has 1 aromatic heterocycles. The minimum atomic E-state index is -4.05. The summed E-state index contributed by atoms with van der Waals surface area (Å²) >= 11 is 12.9. The fraction of sp³-hybridized carbons (Fsp3) is 0.100. The molecular formula is C20H15Cl2NO7S2. The molecule has 168 valence electrons. The lowest BCUT2D eigenvalue weighted by atomic mass is 10.1. The van der Waals surface area contributed by atoms with Gasteiger partial charge in [0.15, 0.2) is 11.5 Å². The van der Waals surface area contributed by atoms with Crippen LogP contribution in [0.1, 0.15) is 15.2 Å². The van der Waals surface area contributed by atoms with Crippen LogP contribution in [0.15, 0.2) is 47.4 Å². The van der Waals surface area contributed by atoms with E-state index in [1.165, 1.54) is 30.3 Å². The predicted octanol–water partition coefficient (Wildman–Crippen LogP) is 4.99. The zero-order valence-corrected chi connectivity index (χ0v) is 19.4. The number of hydrogen-bond donors (Lipinski definition) is 3. The van der Waals surface area contributed by atoms with Gasteiger partial charge in [0.2, 0.25) is 0 Å². The molecule has 0 aliphatic rings. The number of carboxylic acid groups (broad SMARTS) is 2. The summed E-state index contributed by atoms with van der Waals surface area (Å²) < 4.78 is 33.0. The maximum Gasteiger partial charge on any atom is 0.349 e. The molecule has 0 saturated carbocycles. The molecule has 2 aromatic carbocycles. The van der Waals surface area contributed by atoms with E-state index in [4.69, 9.17) is 33.0 Å². The Kier molecular flexibility index (Phi) is 6.99. The molecule has 0 radical (unpaired) electrons. The highest BCUT2D eigenvalue weighted by Crippen LogP contribution is 2.41.